The summed E-state index contributed by atoms with van der Waals surface area (Å²) in [6.45, 7) is 7.98. The fourth-order valence-corrected chi connectivity index (χ4v) is 4.04. The van der Waals surface area contributed by atoms with E-state index in [1.807, 2.05) is 27.7 Å². The number of hydrogen-bond acceptors (Lipinski definition) is 6. The number of carbonyl (C=O) groups excluding carboxylic acids is 1. The summed E-state index contributed by atoms with van der Waals surface area (Å²) < 4.78 is 13.4. The van der Waals surface area contributed by atoms with Crippen LogP contribution in [0.2, 0.25) is 0 Å². The number of halogens is 1. The molecular formula is C19H35FN6O2. The molecule has 9 heteroatoms. The number of rotatable bonds is 3. The Morgan fingerprint density at radius 3 is 2.46 bits per heavy atom. The van der Waals surface area contributed by atoms with Gasteiger partial charge in [0.2, 0.25) is 5.91 Å². The standard InChI is InChI=1S/C19H35FN6O2/c1-11-9-15(26-28-11)17(27)22-18(23-19(2,3)4)21-16-10-14(24-25-16)12-5-7-13(20)8-6-12/h11-16,24-26H,5-10H2,1-4H3,(H2,21,22,23,27). The van der Waals surface area contributed by atoms with Crippen molar-refractivity contribution in [3.63, 3.8) is 0 Å². The van der Waals surface area contributed by atoms with Gasteiger partial charge in [-0.2, -0.15) is 5.48 Å². The van der Waals surface area contributed by atoms with E-state index in [0.717, 1.165) is 19.3 Å². The Morgan fingerprint density at radius 2 is 1.86 bits per heavy atom. The van der Waals surface area contributed by atoms with Crippen LogP contribution in [0, 0.1) is 5.92 Å². The third-order valence-electron chi connectivity index (χ3n) is 5.50. The summed E-state index contributed by atoms with van der Waals surface area (Å²) in [4.78, 5) is 22.5. The number of guanidine groups is 1. The van der Waals surface area contributed by atoms with Crippen molar-refractivity contribution in [1.29, 1.82) is 0 Å². The molecule has 3 fully saturated rings. The largest absolute Gasteiger partial charge is 0.351 e. The first kappa shape index (κ1) is 21.4. The maximum Gasteiger partial charge on any atom is 0.246 e. The molecule has 0 radical (unpaired) electrons. The lowest BCUT2D eigenvalue weighted by Crippen LogP contribution is -2.53. The van der Waals surface area contributed by atoms with Crippen LogP contribution in [0.5, 0.6) is 0 Å². The number of alkyl halides is 1. The molecule has 8 nitrogen and oxygen atoms in total. The van der Waals surface area contributed by atoms with Gasteiger partial charge in [0.05, 0.1) is 6.10 Å². The number of hydrazine groups is 1. The minimum atomic E-state index is -0.645. The van der Waals surface area contributed by atoms with Gasteiger partial charge in [0, 0.05) is 24.4 Å². The van der Waals surface area contributed by atoms with Gasteiger partial charge in [-0.15, -0.1) is 0 Å². The highest BCUT2D eigenvalue weighted by Crippen LogP contribution is 2.31. The molecular weight excluding hydrogens is 363 g/mol. The minimum Gasteiger partial charge on any atom is -0.351 e. The van der Waals surface area contributed by atoms with Crippen LogP contribution in [-0.4, -0.2) is 47.9 Å². The van der Waals surface area contributed by atoms with E-state index >= 15 is 0 Å². The van der Waals surface area contributed by atoms with E-state index in [4.69, 9.17) is 9.83 Å². The molecule has 0 aromatic heterocycles. The van der Waals surface area contributed by atoms with Crippen molar-refractivity contribution < 1.29 is 14.0 Å². The molecule has 1 aliphatic carbocycles. The van der Waals surface area contributed by atoms with Crippen molar-refractivity contribution in [2.24, 2.45) is 10.9 Å². The van der Waals surface area contributed by atoms with Gasteiger partial charge in [0.25, 0.3) is 0 Å². The fraction of sp³-hybridized carbons (Fsp3) is 0.895. The number of hydrogen-bond donors (Lipinski definition) is 5. The molecule has 4 unspecified atom stereocenters. The molecule has 3 aliphatic rings. The quantitative estimate of drug-likeness (QED) is 0.363. The Bertz CT molecular complexity index is 573. The number of aliphatic imine (C=N–C) groups is 1. The zero-order chi connectivity index (χ0) is 20.3. The predicted octanol–water partition coefficient (Wildman–Crippen LogP) is 1.25. The maximum atomic E-state index is 13.4. The van der Waals surface area contributed by atoms with Crippen LogP contribution in [-0.2, 0) is 9.63 Å². The van der Waals surface area contributed by atoms with Crippen molar-refractivity contribution in [3.8, 4) is 0 Å². The zero-order valence-corrected chi connectivity index (χ0v) is 17.3. The smallest absolute Gasteiger partial charge is 0.246 e. The Hall–Kier alpha value is -1.29. The van der Waals surface area contributed by atoms with E-state index in [-0.39, 0.29) is 35.8 Å². The van der Waals surface area contributed by atoms with Crippen molar-refractivity contribution in [2.45, 2.75) is 102 Å². The summed E-state index contributed by atoms with van der Waals surface area (Å²) in [5.41, 5.74) is 9.06. The lowest BCUT2D eigenvalue weighted by Gasteiger charge is -2.28. The third-order valence-corrected chi connectivity index (χ3v) is 5.50. The minimum absolute atomic E-state index is 0.00702. The van der Waals surface area contributed by atoms with E-state index in [0.29, 0.717) is 31.1 Å². The molecule has 2 heterocycles. The molecule has 160 valence electrons. The van der Waals surface area contributed by atoms with Crippen LogP contribution in [0.3, 0.4) is 0 Å². The molecule has 0 aromatic rings. The van der Waals surface area contributed by atoms with E-state index < -0.39 is 6.17 Å². The highest BCUT2D eigenvalue weighted by molar-refractivity contribution is 5.99. The first-order chi connectivity index (χ1) is 13.2. The molecule has 1 amide bonds. The summed E-state index contributed by atoms with van der Waals surface area (Å²) in [6.07, 6.45) is 3.77. The van der Waals surface area contributed by atoms with Crippen LogP contribution in [0.25, 0.3) is 0 Å². The van der Waals surface area contributed by atoms with Gasteiger partial charge in [-0.25, -0.2) is 14.8 Å². The first-order valence-corrected chi connectivity index (χ1v) is 10.4. The Balaban J connectivity index is 1.59. The summed E-state index contributed by atoms with van der Waals surface area (Å²) in [6, 6.07) is -0.112. The van der Waals surface area contributed by atoms with Gasteiger partial charge in [0.15, 0.2) is 5.96 Å². The van der Waals surface area contributed by atoms with E-state index in [1.54, 1.807) is 0 Å². The molecule has 2 saturated heterocycles. The molecule has 28 heavy (non-hydrogen) atoms. The second kappa shape index (κ2) is 9.02. The Kier molecular flexibility index (Phi) is 6.90. The summed E-state index contributed by atoms with van der Waals surface area (Å²) in [7, 11) is 0. The number of nitrogens with zero attached hydrogens (tertiary/aromatic N) is 1. The highest BCUT2D eigenvalue weighted by atomic mass is 19.1. The second-order valence-electron chi connectivity index (χ2n) is 9.34. The predicted molar refractivity (Wildman–Crippen MR) is 106 cm³/mol. The molecule has 3 rings (SSSR count). The van der Waals surface area contributed by atoms with Gasteiger partial charge in [-0.1, -0.05) is 0 Å². The van der Waals surface area contributed by atoms with Gasteiger partial charge >= 0.3 is 0 Å². The topological polar surface area (TPSA) is 98.8 Å². The van der Waals surface area contributed by atoms with Crippen LogP contribution in [0.4, 0.5) is 4.39 Å². The van der Waals surface area contributed by atoms with Crippen LogP contribution in [0.1, 0.15) is 66.2 Å². The molecule has 0 bridgehead atoms. The fourth-order valence-electron chi connectivity index (χ4n) is 4.04. The lowest BCUT2D eigenvalue weighted by molar-refractivity contribution is -0.122. The number of hydroxylamine groups is 1. The zero-order valence-electron chi connectivity index (χ0n) is 17.3. The van der Waals surface area contributed by atoms with E-state index in [2.05, 4.69) is 27.0 Å². The van der Waals surface area contributed by atoms with Crippen molar-refractivity contribution in [3.05, 3.63) is 0 Å². The highest BCUT2D eigenvalue weighted by Gasteiger charge is 2.34. The summed E-state index contributed by atoms with van der Waals surface area (Å²) in [5.74, 6) is 0.754. The number of amides is 1. The molecule has 0 aromatic carbocycles. The summed E-state index contributed by atoms with van der Waals surface area (Å²) in [5, 5.41) is 6.18. The molecule has 2 aliphatic heterocycles. The SMILES string of the molecule is CC1CC(C(=O)N/C(=N/C2CC(C3CCC(F)CC3)NN2)NC(C)(C)C)NO1. The van der Waals surface area contributed by atoms with Gasteiger partial charge in [0.1, 0.15) is 18.4 Å². The average Bonchev–Trinajstić information content (AvgIpc) is 3.23. The second-order valence-corrected chi connectivity index (χ2v) is 9.34. The summed E-state index contributed by atoms with van der Waals surface area (Å²) >= 11 is 0. The van der Waals surface area contributed by atoms with Gasteiger partial charge in [-0.3, -0.25) is 20.4 Å². The van der Waals surface area contributed by atoms with Crippen molar-refractivity contribution in [1.82, 2.24) is 27.0 Å². The monoisotopic (exact) mass is 398 g/mol. The maximum absolute atomic E-state index is 13.4. The molecule has 1 saturated carbocycles. The van der Waals surface area contributed by atoms with Crippen LogP contribution < -0.4 is 27.0 Å². The molecule has 5 N–H and O–H groups in total. The molecule has 0 spiro atoms. The van der Waals surface area contributed by atoms with Crippen LogP contribution >= 0.6 is 0 Å². The van der Waals surface area contributed by atoms with Crippen molar-refractivity contribution in [2.75, 3.05) is 0 Å². The van der Waals surface area contributed by atoms with Gasteiger partial charge in [-0.05, 0) is 59.3 Å². The molecule has 4 atom stereocenters. The van der Waals surface area contributed by atoms with Crippen molar-refractivity contribution >= 4 is 11.9 Å². The number of nitrogens with one attached hydrogen (secondary N) is 5. The van der Waals surface area contributed by atoms with E-state index in [9.17, 15) is 9.18 Å². The van der Waals surface area contributed by atoms with Gasteiger partial charge < -0.3 is 5.32 Å². The lowest BCUT2D eigenvalue weighted by atomic mass is 9.82. The first-order valence-electron chi connectivity index (χ1n) is 10.4. The Morgan fingerprint density at radius 1 is 1.14 bits per heavy atom. The number of carbonyl (C=O) groups is 1. The average molecular weight is 399 g/mol. The van der Waals surface area contributed by atoms with Crippen LogP contribution in [0.15, 0.2) is 4.99 Å². The van der Waals surface area contributed by atoms with E-state index in [1.165, 1.54) is 0 Å². The normalized spacial score (nSPS) is 37.1. The Labute approximate surface area is 166 Å². The third kappa shape index (κ3) is 6.10.